The Balaban J connectivity index is 1.83. The number of rotatable bonds is 8. The molecular formula is C20H25ClN2O2. The van der Waals surface area contributed by atoms with Gasteiger partial charge < -0.3 is 10.4 Å². The third-order valence-electron chi connectivity index (χ3n) is 4.12. The van der Waals surface area contributed by atoms with Gasteiger partial charge in [0.25, 0.3) is 0 Å². The van der Waals surface area contributed by atoms with Crippen molar-refractivity contribution in [3.05, 3.63) is 70.2 Å². The van der Waals surface area contributed by atoms with E-state index in [-0.39, 0.29) is 19.0 Å². The number of carbonyl (C=O) groups excluding carboxylic acids is 1. The van der Waals surface area contributed by atoms with Crippen molar-refractivity contribution in [3.63, 3.8) is 0 Å². The van der Waals surface area contributed by atoms with Crippen LogP contribution in [0.4, 0.5) is 0 Å². The number of nitrogens with one attached hydrogen (secondary N) is 1. The molecule has 2 aromatic rings. The van der Waals surface area contributed by atoms with Crippen LogP contribution in [0.5, 0.6) is 0 Å². The normalized spacial score (nSPS) is 12.2. The summed E-state index contributed by atoms with van der Waals surface area (Å²) in [5, 5.41) is 13.7. The van der Waals surface area contributed by atoms with Crippen LogP contribution in [0, 0.1) is 6.92 Å². The topological polar surface area (TPSA) is 52.6 Å². The fraction of sp³-hybridized carbons (Fsp3) is 0.350. The zero-order valence-corrected chi connectivity index (χ0v) is 15.5. The third kappa shape index (κ3) is 6.16. The van der Waals surface area contributed by atoms with Crippen molar-refractivity contribution in [1.82, 2.24) is 10.2 Å². The summed E-state index contributed by atoms with van der Waals surface area (Å²) in [4.78, 5) is 14.2. The minimum atomic E-state index is -0.705. The fourth-order valence-electron chi connectivity index (χ4n) is 2.52. The van der Waals surface area contributed by atoms with E-state index in [1.54, 1.807) is 0 Å². The van der Waals surface area contributed by atoms with Gasteiger partial charge in [-0.05, 0) is 30.7 Å². The smallest absolute Gasteiger partial charge is 0.234 e. The fourth-order valence-corrected chi connectivity index (χ4v) is 2.72. The summed E-state index contributed by atoms with van der Waals surface area (Å²) in [6, 6.07) is 15.3. The van der Waals surface area contributed by atoms with E-state index in [2.05, 4.69) is 5.32 Å². The van der Waals surface area contributed by atoms with Crippen LogP contribution in [0.25, 0.3) is 0 Å². The molecule has 134 valence electrons. The van der Waals surface area contributed by atoms with E-state index in [0.29, 0.717) is 11.6 Å². The average Bonchev–Trinajstić information content (AvgIpc) is 2.61. The maximum Gasteiger partial charge on any atom is 0.234 e. The number of aliphatic hydroxyl groups is 1. The quantitative estimate of drug-likeness (QED) is 0.759. The van der Waals surface area contributed by atoms with Crippen LogP contribution < -0.4 is 5.32 Å². The van der Waals surface area contributed by atoms with Crippen LogP contribution in [0.3, 0.4) is 0 Å². The molecule has 2 aromatic carbocycles. The number of aryl methyl sites for hydroxylation is 1. The number of halogens is 1. The standard InChI is InChI=1S/C20H25ClN2O2/c1-3-23(13-17-6-4-5-7-18(17)21)14-20(25)22-12-19(24)16-10-8-15(2)9-11-16/h4-11,19,24H,3,12-14H2,1-2H3,(H,22,25)/t19-/m0/s1. The van der Waals surface area contributed by atoms with Crippen LogP contribution in [-0.4, -0.2) is 35.5 Å². The Hall–Kier alpha value is -1.88. The Morgan fingerprint density at radius 2 is 1.88 bits per heavy atom. The summed E-state index contributed by atoms with van der Waals surface area (Å²) in [7, 11) is 0. The molecule has 2 rings (SSSR count). The third-order valence-corrected chi connectivity index (χ3v) is 4.49. The first-order chi connectivity index (χ1) is 12.0. The summed E-state index contributed by atoms with van der Waals surface area (Å²) in [5.74, 6) is -0.111. The molecule has 2 N–H and O–H groups in total. The first kappa shape index (κ1) is 19.4. The van der Waals surface area contributed by atoms with Gasteiger partial charge in [0.2, 0.25) is 5.91 Å². The molecule has 0 saturated carbocycles. The maximum atomic E-state index is 12.2. The number of likely N-dealkylation sites (N-methyl/N-ethyl adjacent to an activating group) is 1. The second-order valence-corrected chi connectivity index (χ2v) is 6.53. The molecule has 0 radical (unpaired) electrons. The molecule has 0 unspecified atom stereocenters. The molecule has 0 aliphatic rings. The highest BCUT2D eigenvalue weighted by Gasteiger charge is 2.13. The van der Waals surface area contributed by atoms with Crippen LogP contribution in [0.1, 0.15) is 29.7 Å². The highest BCUT2D eigenvalue weighted by Crippen LogP contribution is 2.17. The highest BCUT2D eigenvalue weighted by atomic mass is 35.5. The highest BCUT2D eigenvalue weighted by molar-refractivity contribution is 6.31. The number of benzene rings is 2. The van der Waals surface area contributed by atoms with Crippen molar-refractivity contribution in [2.24, 2.45) is 0 Å². The molecular weight excluding hydrogens is 336 g/mol. The van der Waals surface area contributed by atoms with Crippen molar-refractivity contribution >= 4 is 17.5 Å². The Morgan fingerprint density at radius 1 is 1.20 bits per heavy atom. The van der Waals surface area contributed by atoms with Gasteiger partial charge in [0, 0.05) is 18.1 Å². The molecule has 0 aromatic heterocycles. The minimum absolute atomic E-state index is 0.111. The molecule has 0 aliphatic heterocycles. The first-order valence-electron chi connectivity index (χ1n) is 8.46. The van der Waals surface area contributed by atoms with Crippen LogP contribution >= 0.6 is 11.6 Å². The van der Waals surface area contributed by atoms with E-state index in [1.807, 2.05) is 67.3 Å². The number of aliphatic hydroxyl groups excluding tert-OH is 1. The summed E-state index contributed by atoms with van der Waals surface area (Å²) in [6.07, 6.45) is -0.705. The Kier molecular flexibility index (Phi) is 7.44. The number of nitrogens with zero attached hydrogens (tertiary/aromatic N) is 1. The van der Waals surface area contributed by atoms with Crippen molar-refractivity contribution in [2.45, 2.75) is 26.5 Å². The van der Waals surface area contributed by atoms with Crippen LogP contribution in [0.2, 0.25) is 5.02 Å². The number of hydrogen-bond acceptors (Lipinski definition) is 3. The van der Waals surface area contributed by atoms with Gasteiger partial charge in [0.05, 0.1) is 12.6 Å². The van der Waals surface area contributed by atoms with Gasteiger partial charge in [-0.25, -0.2) is 0 Å². The summed E-state index contributed by atoms with van der Waals surface area (Å²) >= 11 is 6.18. The van der Waals surface area contributed by atoms with E-state index in [1.165, 1.54) is 0 Å². The van der Waals surface area contributed by atoms with E-state index >= 15 is 0 Å². The molecule has 4 nitrogen and oxygen atoms in total. The predicted octanol–water partition coefficient (Wildman–Crippen LogP) is 3.32. The molecule has 1 atom stereocenters. The zero-order chi connectivity index (χ0) is 18.2. The monoisotopic (exact) mass is 360 g/mol. The van der Waals surface area contributed by atoms with Crippen molar-refractivity contribution in [1.29, 1.82) is 0 Å². The van der Waals surface area contributed by atoms with Crippen LogP contribution in [0.15, 0.2) is 48.5 Å². The molecule has 5 heteroatoms. The molecule has 0 heterocycles. The molecule has 0 bridgehead atoms. The second kappa shape index (κ2) is 9.56. The van der Waals surface area contributed by atoms with Crippen LogP contribution in [-0.2, 0) is 11.3 Å². The van der Waals surface area contributed by atoms with Crippen molar-refractivity contribution < 1.29 is 9.90 Å². The van der Waals surface area contributed by atoms with E-state index in [4.69, 9.17) is 11.6 Å². The van der Waals surface area contributed by atoms with Gasteiger partial charge in [0.15, 0.2) is 0 Å². The lowest BCUT2D eigenvalue weighted by atomic mass is 10.1. The minimum Gasteiger partial charge on any atom is -0.387 e. The molecule has 1 amide bonds. The van der Waals surface area contributed by atoms with Gasteiger partial charge in [-0.15, -0.1) is 0 Å². The number of amides is 1. The van der Waals surface area contributed by atoms with Crippen molar-refractivity contribution in [3.8, 4) is 0 Å². The molecule has 0 spiro atoms. The lowest BCUT2D eigenvalue weighted by molar-refractivity contribution is -0.122. The van der Waals surface area contributed by atoms with Gasteiger partial charge in [-0.2, -0.15) is 0 Å². The second-order valence-electron chi connectivity index (χ2n) is 6.13. The van der Waals surface area contributed by atoms with Gasteiger partial charge in [0.1, 0.15) is 0 Å². The lowest BCUT2D eigenvalue weighted by Gasteiger charge is -2.21. The SMILES string of the molecule is CCN(CC(=O)NC[C@H](O)c1ccc(C)cc1)Cc1ccccc1Cl. The molecule has 25 heavy (non-hydrogen) atoms. The Morgan fingerprint density at radius 3 is 2.52 bits per heavy atom. The molecule has 0 aliphatic carbocycles. The first-order valence-corrected chi connectivity index (χ1v) is 8.84. The lowest BCUT2D eigenvalue weighted by Crippen LogP contribution is -2.38. The van der Waals surface area contributed by atoms with E-state index in [9.17, 15) is 9.90 Å². The average molecular weight is 361 g/mol. The van der Waals surface area contributed by atoms with Gasteiger partial charge in [-0.1, -0.05) is 66.6 Å². The largest absolute Gasteiger partial charge is 0.387 e. The Bertz CT molecular complexity index is 688. The number of carbonyl (C=O) groups is 1. The summed E-state index contributed by atoms with van der Waals surface area (Å²) < 4.78 is 0. The van der Waals surface area contributed by atoms with Gasteiger partial charge in [-0.3, -0.25) is 9.69 Å². The Labute approximate surface area is 154 Å². The molecule has 0 saturated heterocycles. The molecule has 0 fully saturated rings. The zero-order valence-electron chi connectivity index (χ0n) is 14.7. The van der Waals surface area contributed by atoms with Gasteiger partial charge >= 0.3 is 0 Å². The predicted molar refractivity (Wildman–Crippen MR) is 102 cm³/mol. The summed E-state index contributed by atoms with van der Waals surface area (Å²) in [6.45, 7) is 5.82. The van der Waals surface area contributed by atoms with Crippen molar-refractivity contribution in [2.75, 3.05) is 19.6 Å². The van der Waals surface area contributed by atoms with E-state index in [0.717, 1.165) is 23.2 Å². The van der Waals surface area contributed by atoms with E-state index < -0.39 is 6.10 Å². The maximum absolute atomic E-state index is 12.2. The summed E-state index contributed by atoms with van der Waals surface area (Å²) in [5.41, 5.74) is 2.94. The number of hydrogen-bond donors (Lipinski definition) is 2.